The Hall–Kier alpha value is -9.30. The van der Waals surface area contributed by atoms with Crippen LogP contribution in [0.25, 0.3) is 21.8 Å². The molecule has 9 atom stereocenters. The van der Waals surface area contributed by atoms with Crippen LogP contribution in [0.15, 0.2) is 97.5 Å². The number of hydrogen-bond acceptors (Lipinski definition) is 14. The molecule has 3 saturated heterocycles. The Morgan fingerprint density at radius 1 is 0.653 bits per heavy atom. The van der Waals surface area contributed by atoms with Gasteiger partial charge in [0.05, 0.1) is 19.6 Å². The summed E-state index contributed by atoms with van der Waals surface area (Å²) < 4.78 is 5.60. The second kappa shape index (κ2) is 33.2. The predicted molar refractivity (Wildman–Crippen MR) is 354 cm³/mol. The van der Waals surface area contributed by atoms with E-state index in [2.05, 4.69) is 48.4 Å². The van der Waals surface area contributed by atoms with Crippen LogP contribution in [0.3, 0.4) is 0 Å². The molecule has 0 spiro atoms. The number of likely N-dealkylation sites (tertiary alicyclic amines) is 1. The lowest BCUT2D eigenvalue weighted by Gasteiger charge is -2.36. The molecule has 3 aliphatic rings. The number of ether oxygens (including phenoxy) is 1. The van der Waals surface area contributed by atoms with Crippen LogP contribution in [0, 0.1) is 0 Å². The van der Waals surface area contributed by atoms with Gasteiger partial charge in [-0.3, -0.25) is 47.9 Å². The first-order valence-corrected chi connectivity index (χ1v) is 32.8. The second-order valence-corrected chi connectivity index (χ2v) is 25.3. The summed E-state index contributed by atoms with van der Waals surface area (Å²) in [5, 5.41) is 28.8. The van der Waals surface area contributed by atoms with Crippen molar-refractivity contribution in [3.8, 4) is 0 Å². The number of carbonyl (C=O) groups is 11. The molecule has 3 aliphatic heterocycles. The number of aromatic amines is 2. The normalized spacial score (nSPS) is 24.7. The van der Waals surface area contributed by atoms with Gasteiger partial charge in [-0.25, -0.2) is 4.79 Å². The van der Waals surface area contributed by atoms with Gasteiger partial charge in [0.2, 0.25) is 59.1 Å². The highest BCUT2D eigenvalue weighted by molar-refractivity contribution is 6.30. The van der Waals surface area contributed by atoms with Gasteiger partial charge in [-0.1, -0.05) is 86.5 Å². The number of cyclic esters (lactones) is 1. The number of halogens is 1. The number of hydrogen-bond donors (Lipinski definition) is 9. The van der Waals surface area contributed by atoms with E-state index in [0.717, 1.165) is 33.1 Å². The zero-order valence-electron chi connectivity index (χ0n) is 54.7. The Labute approximate surface area is 556 Å². The van der Waals surface area contributed by atoms with E-state index in [1.54, 1.807) is 54.5 Å². The third kappa shape index (κ3) is 18.3. The molecule has 0 unspecified atom stereocenters. The van der Waals surface area contributed by atoms with Crippen molar-refractivity contribution in [3.05, 3.63) is 119 Å². The van der Waals surface area contributed by atoms with Crippen molar-refractivity contribution in [1.29, 1.82) is 0 Å². The Balaban J connectivity index is 1.12. The Kier molecular flexibility index (Phi) is 25.0. The molecule has 0 aliphatic carbocycles. The number of fused-ring (bicyclic) bond motifs is 3. The van der Waals surface area contributed by atoms with E-state index in [9.17, 15) is 57.8 Å². The first-order valence-electron chi connectivity index (χ1n) is 32.4. The number of likely N-dealkylation sites (N-methyl/N-ethyl adjacent to an activating group) is 3. The first kappa shape index (κ1) is 71.5. The molecule has 3 fully saturated rings. The highest BCUT2D eigenvalue weighted by Gasteiger charge is 2.41. The molecule has 27 heteroatoms. The summed E-state index contributed by atoms with van der Waals surface area (Å²) in [5.41, 5.74) is 3.38. The number of esters is 1. The van der Waals surface area contributed by atoms with Gasteiger partial charge in [-0.2, -0.15) is 0 Å². The van der Waals surface area contributed by atoms with Gasteiger partial charge in [-0.15, -0.1) is 0 Å². The average Bonchev–Trinajstić information content (AvgIpc) is 1.83. The second-order valence-electron chi connectivity index (χ2n) is 24.8. The minimum atomic E-state index is -1.69. The topological polar surface area (TPSA) is 337 Å². The number of piperidine rings is 1. The summed E-state index contributed by atoms with van der Waals surface area (Å²) in [7, 11) is 4.34. The molecule has 5 aromatic rings. The van der Waals surface area contributed by atoms with Gasteiger partial charge in [0.25, 0.3) is 0 Å². The van der Waals surface area contributed by atoms with Crippen LogP contribution in [0.5, 0.6) is 0 Å². The lowest BCUT2D eigenvalue weighted by Crippen LogP contribution is -2.60. The lowest BCUT2D eigenvalue weighted by atomic mass is 10.0. The van der Waals surface area contributed by atoms with Crippen LogP contribution >= 0.6 is 11.6 Å². The van der Waals surface area contributed by atoms with Crippen molar-refractivity contribution in [2.75, 3.05) is 60.5 Å². The number of aliphatic hydroxyl groups excluding tert-OH is 1. The third-order valence-electron chi connectivity index (χ3n) is 18.0. The van der Waals surface area contributed by atoms with Crippen LogP contribution in [0.1, 0.15) is 95.2 Å². The maximum Gasteiger partial charge on any atom is 0.331 e. The Bertz CT molecular complexity index is 3640. The molecule has 9 N–H and O–H groups in total. The van der Waals surface area contributed by atoms with E-state index in [4.69, 9.17) is 16.3 Å². The molecule has 0 radical (unpaired) electrons. The summed E-state index contributed by atoms with van der Waals surface area (Å²) >= 11 is 6.39. The summed E-state index contributed by atoms with van der Waals surface area (Å²) in [4.78, 5) is 172. The molecule has 10 amide bonds. The summed E-state index contributed by atoms with van der Waals surface area (Å²) in [6.45, 7) is 7.71. The molecule has 3 aromatic carbocycles. The standard InChI is InChI=1S/C68H88ClN13O13/c1-8-9-23-51-61(87)75-53(33-45-36-71-50-25-14-12-22-48(45)50)63(89)77-55(38-83)68(94)95-39-40(2)79(6)42(4)65(91)80(7)57(31-43-19-17-20-46(69)30-43)67(93)78(5)37-59(85)82-29-18-26-56(82)64(90)76-54(66(92)81-27-15-10-16-28-81)34-58(84)72-41(3)60(86)74-52(62(88)73-51)32-44-35-70-49-24-13-11-21-47(44)49/h11-14,17,19-22,24-25,30,35-36,41-42,51-57,70-71,83H,2,8-10,15-16,18,23,26-29,31-34,37-39H2,1,3-7H3,(H,72,84)(H,73,88)(H,74,86)(H,75,87)(H,76,90)(H,77,89)/t41-,42-,51-,52-,53-,54-,55-,56-,57-/m0/s1. The number of para-hydroxylation sites is 2. The largest absolute Gasteiger partial charge is 0.458 e. The number of unbranched alkanes of at least 4 members (excludes halogenated alkanes) is 1. The highest BCUT2D eigenvalue weighted by atomic mass is 35.5. The highest BCUT2D eigenvalue weighted by Crippen LogP contribution is 2.25. The minimum Gasteiger partial charge on any atom is -0.458 e. The van der Waals surface area contributed by atoms with Crippen molar-refractivity contribution in [2.45, 2.75) is 152 Å². The molecule has 95 heavy (non-hydrogen) atoms. The number of aromatic nitrogens is 2. The van der Waals surface area contributed by atoms with Gasteiger partial charge >= 0.3 is 5.97 Å². The van der Waals surface area contributed by atoms with Gasteiger partial charge in [-0.05, 0) is 93.3 Å². The number of amides is 10. The Morgan fingerprint density at radius 3 is 1.85 bits per heavy atom. The molecule has 510 valence electrons. The van der Waals surface area contributed by atoms with Crippen LogP contribution in [0.4, 0.5) is 0 Å². The van der Waals surface area contributed by atoms with Crippen molar-refractivity contribution >= 4 is 98.4 Å². The molecule has 2 aromatic heterocycles. The maximum absolute atomic E-state index is 14.9. The van der Waals surface area contributed by atoms with E-state index < -0.39 is 146 Å². The van der Waals surface area contributed by atoms with Gasteiger partial charge in [0.15, 0.2) is 6.04 Å². The quantitative estimate of drug-likeness (QED) is 0.0859. The Morgan fingerprint density at radius 2 is 1.24 bits per heavy atom. The van der Waals surface area contributed by atoms with Gasteiger partial charge < -0.3 is 76.2 Å². The summed E-state index contributed by atoms with van der Waals surface area (Å²) in [6.07, 6.45) is 6.35. The predicted octanol–water partition coefficient (Wildman–Crippen LogP) is 2.51. The lowest BCUT2D eigenvalue weighted by molar-refractivity contribution is -0.150. The van der Waals surface area contributed by atoms with Crippen molar-refractivity contribution in [1.82, 2.24) is 66.4 Å². The van der Waals surface area contributed by atoms with Crippen LogP contribution < -0.4 is 31.9 Å². The summed E-state index contributed by atoms with van der Waals surface area (Å²) in [6, 6.07) is 9.27. The number of aliphatic hydroxyl groups is 1. The zero-order valence-corrected chi connectivity index (χ0v) is 55.4. The molecular weight excluding hydrogens is 1240 g/mol. The first-order chi connectivity index (χ1) is 45.5. The third-order valence-corrected chi connectivity index (χ3v) is 18.3. The number of nitrogens with one attached hydrogen (secondary N) is 8. The number of nitrogens with zero attached hydrogens (tertiary/aromatic N) is 5. The van der Waals surface area contributed by atoms with E-state index in [-0.39, 0.29) is 44.3 Å². The minimum absolute atomic E-state index is 0.0454. The molecule has 26 nitrogen and oxygen atoms in total. The molecule has 5 heterocycles. The SMILES string of the molecule is C=C1COC(=O)[C@H](CO)NC(=O)[C@H](Cc2c[nH]c3ccccc23)NC(=O)[C@H](CCCC)NC(=O)[C@H](Cc2c[nH]c3ccccc23)NC(=O)[C@H](C)NC(=O)C[C@@H](C(=O)N2CCCCC2)NC(=O)[C@@H]2CCCN2C(=O)CN(C)C(=O)[C@H](Cc2cccc(Cl)c2)N(C)C(=O)[C@H](C)N1C. The molecule has 0 saturated carbocycles. The fourth-order valence-corrected chi connectivity index (χ4v) is 12.5. The van der Waals surface area contributed by atoms with Crippen molar-refractivity contribution < 1.29 is 62.6 Å². The van der Waals surface area contributed by atoms with Crippen LogP contribution in [-0.4, -0.2) is 220 Å². The molecular formula is C68H88ClN13O13. The molecule has 8 rings (SSSR count). The number of benzene rings is 3. The fourth-order valence-electron chi connectivity index (χ4n) is 12.3. The maximum atomic E-state index is 14.9. The number of H-pyrrole nitrogens is 2. The average molecular weight is 1330 g/mol. The van der Waals surface area contributed by atoms with Crippen molar-refractivity contribution in [3.63, 3.8) is 0 Å². The van der Waals surface area contributed by atoms with Crippen LogP contribution in [-0.2, 0) is 76.7 Å². The smallest absolute Gasteiger partial charge is 0.331 e. The van der Waals surface area contributed by atoms with E-state index in [1.807, 2.05) is 49.4 Å². The number of carbonyl (C=O) groups excluding carboxylic acids is 11. The van der Waals surface area contributed by atoms with Crippen molar-refractivity contribution in [2.24, 2.45) is 0 Å². The fraction of sp³-hybridized carbons (Fsp3) is 0.485. The van der Waals surface area contributed by atoms with Crippen LogP contribution in [0.2, 0.25) is 5.02 Å². The van der Waals surface area contributed by atoms with Gasteiger partial charge in [0.1, 0.15) is 54.9 Å². The van der Waals surface area contributed by atoms with Gasteiger partial charge in [0, 0.05) is 105 Å². The summed E-state index contributed by atoms with van der Waals surface area (Å²) in [5.74, 6) is -8.28. The monoisotopic (exact) mass is 1330 g/mol. The zero-order chi connectivity index (χ0) is 68.6. The van der Waals surface area contributed by atoms with E-state index in [1.165, 1.54) is 42.8 Å². The van der Waals surface area contributed by atoms with E-state index in [0.29, 0.717) is 66.9 Å². The number of rotatable bonds is 11. The van der Waals surface area contributed by atoms with E-state index >= 15 is 0 Å². The molecule has 0 bridgehead atoms.